The number of alkyl halides is 6. The van der Waals surface area contributed by atoms with Crippen molar-refractivity contribution < 1.29 is 31.4 Å². The Hall–Kier alpha value is -1.05. The lowest BCUT2D eigenvalue weighted by atomic mass is 10.2. The van der Waals surface area contributed by atoms with Crippen LogP contribution in [0.15, 0.2) is 18.2 Å². The fourth-order valence-corrected chi connectivity index (χ4v) is 1.50. The lowest BCUT2D eigenvalue weighted by molar-refractivity contribution is -0.274. The molecule has 0 N–H and O–H groups in total. The molecule has 0 aliphatic heterocycles. The molecule has 1 rings (SSSR count). The Bertz CT molecular complexity index is 380. The number of rotatable bonds is 4. The van der Waals surface area contributed by atoms with Gasteiger partial charge in [0.05, 0.1) is 0 Å². The quantitative estimate of drug-likeness (QED) is 0.614. The highest BCUT2D eigenvalue weighted by atomic mass is 79.9. The van der Waals surface area contributed by atoms with Gasteiger partial charge in [0.25, 0.3) is 0 Å². The normalized spacial score (nSPS) is 11.7. The lowest BCUT2D eigenvalue weighted by Gasteiger charge is -2.13. The van der Waals surface area contributed by atoms with Crippen molar-refractivity contribution in [2.45, 2.75) is 18.3 Å². The van der Waals surface area contributed by atoms with Crippen LogP contribution in [-0.4, -0.2) is 13.0 Å². The van der Waals surface area contributed by atoms with Gasteiger partial charge in [-0.2, -0.15) is 8.78 Å². The van der Waals surface area contributed by atoms with E-state index < -0.39 is 24.5 Å². The van der Waals surface area contributed by atoms with Crippen molar-refractivity contribution in [2.75, 3.05) is 0 Å². The largest absolute Gasteiger partial charge is 0.573 e. The third-order valence-electron chi connectivity index (χ3n) is 1.63. The Balaban J connectivity index is 2.98. The second-order valence-corrected chi connectivity index (χ2v) is 3.39. The van der Waals surface area contributed by atoms with Crippen LogP contribution in [0.2, 0.25) is 0 Å². The second-order valence-electron chi connectivity index (χ2n) is 2.83. The second kappa shape index (κ2) is 5.52. The number of hydrogen-bond donors (Lipinski definition) is 0. The predicted molar refractivity (Wildman–Crippen MR) is 52.4 cm³/mol. The smallest absolute Gasteiger partial charge is 0.435 e. The molecule has 0 spiro atoms. The molecule has 0 aliphatic rings. The first-order chi connectivity index (χ1) is 7.81. The summed E-state index contributed by atoms with van der Waals surface area (Å²) in [7, 11) is 0. The van der Waals surface area contributed by atoms with Crippen molar-refractivity contribution >= 4 is 15.9 Å². The maximum Gasteiger partial charge on any atom is 0.573 e. The van der Waals surface area contributed by atoms with Gasteiger partial charge in [-0.25, -0.2) is 0 Å². The van der Waals surface area contributed by atoms with Crippen LogP contribution in [0.1, 0.15) is 5.56 Å². The van der Waals surface area contributed by atoms with E-state index in [1.54, 1.807) is 0 Å². The highest BCUT2D eigenvalue weighted by molar-refractivity contribution is 9.08. The molecule has 2 nitrogen and oxygen atoms in total. The summed E-state index contributed by atoms with van der Waals surface area (Å²) in [6.45, 7) is -3.11. The van der Waals surface area contributed by atoms with Crippen LogP contribution in [0.4, 0.5) is 22.0 Å². The van der Waals surface area contributed by atoms with Crippen molar-refractivity contribution in [3.63, 3.8) is 0 Å². The summed E-state index contributed by atoms with van der Waals surface area (Å²) in [5.74, 6) is -0.975. The van der Waals surface area contributed by atoms with Crippen molar-refractivity contribution in [1.82, 2.24) is 0 Å². The Morgan fingerprint density at radius 2 is 1.88 bits per heavy atom. The van der Waals surface area contributed by atoms with E-state index in [2.05, 4.69) is 25.4 Å². The van der Waals surface area contributed by atoms with Gasteiger partial charge in [-0.3, -0.25) is 0 Å². The minimum atomic E-state index is -4.89. The first kappa shape index (κ1) is 14.0. The van der Waals surface area contributed by atoms with Gasteiger partial charge in [0.15, 0.2) is 0 Å². The molecule has 1 aromatic rings. The zero-order valence-electron chi connectivity index (χ0n) is 8.10. The Kier molecular flexibility index (Phi) is 4.55. The van der Waals surface area contributed by atoms with Gasteiger partial charge >= 0.3 is 13.0 Å². The van der Waals surface area contributed by atoms with Crippen molar-refractivity contribution in [3.8, 4) is 11.5 Å². The summed E-state index contributed by atoms with van der Waals surface area (Å²) in [6.07, 6.45) is -4.89. The monoisotopic (exact) mass is 320 g/mol. The third kappa shape index (κ3) is 4.76. The molecule has 8 heteroatoms. The third-order valence-corrected chi connectivity index (χ3v) is 2.24. The van der Waals surface area contributed by atoms with Gasteiger partial charge in [0.2, 0.25) is 0 Å². The maximum absolute atomic E-state index is 12.0. The van der Waals surface area contributed by atoms with Crippen LogP contribution in [0.3, 0.4) is 0 Å². The molecule has 17 heavy (non-hydrogen) atoms. The molecular weight excluding hydrogens is 315 g/mol. The fourth-order valence-electron chi connectivity index (χ4n) is 1.04. The van der Waals surface area contributed by atoms with Gasteiger partial charge in [-0.15, -0.1) is 13.2 Å². The summed E-state index contributed by atoms with van der Waals surface area (Å²) in [4.78, 5) is 0. The van der Waals surface area contributed by atoms with Crippen molar-refractivity contribution in [3.05, 3.63) is 23.8 Å². The van der Waals surface area contributed by atoms with Crippen molar-refractivity contribution in [2.24, 2.45) is 0 Å². The Labute approximate surface area is 101 Å². The molecule has 0 radical (unpaired) electrons. The van der Waals surface area contributed by atoms with Crippen LogP contribution in [0, 0.1) is 0 Å². The molecule has 0 fully saturated rings. The topological polar surface area (TPSA) is 18.5 Å². The molecule has 0 bridgehead atoms. The minimum Gasteiger partial charge on any atom is -0.435 e. The predicted octanol–water partition coefficient (Wildman–Crippen LogP) is 4.08. The van der Waals surface area contributed by atoms with E-state index >= 15 is 0 Å². The molecule has 0 heterocycles. The number of ether oxygens (including phenoxy) is 2. The van der Waals surface area contributed by atoms with Gasteiger partial charge in [0.1, 0.15) is 11.5 Å². The lowest BCUT2D eigenvalue weighted by Crippen LogP contribution is -2.18. The molecule has 1 aromatic carbocycles. The van der Waals surface area contributed by atoms with Gasteiger partial charge < -0.3 is 9.47 Å². The van der Waals surface area contributed by atoms with Gasteiger partial charge in [0, 0.05) is 17.0 Å². The number of halogens is 6. The molecule has 0 saturated carbocycles. The molecule has 0 aromatic heterocycles. The standard InChI is InChI=1S/C9H6BrF5O2/c10-4-5-1-2-6(16-8(11)12)3-7(5)17-9(13,14)15/h1-3,8H,4H2. The highest BCUT2D eigenvalue weighted by Gasteiger charge is 2.32. The first-order valence-corrected chi connectivity index (χ1v) is 5.33. The Morgan fingerprint density at radius 1 is 1.24 bits per heavy atom. The average molecular weight is 321 g/mol. The van der Waals surface area contributed by atoms with Crippen LogP contribution in [-0.2, 0) is 5.33 Å². The molecular formula is C9H6BrF5O2. The molecule has 96 valence electrons. The number of hydrogen-bond acceptors (Lipinski definition) is 2. The van der Waals surface area contributed by atoms with Crippen LogP contribution in [0.25, 0.3) is 0 Å². The maximum atomic E-state index is 12.0. The fraction of sp³-hybridized carbons (Fsp3) is 0.333. The van der Waals surface area contributed by atoms with E-state index in [1.807, 2.05) is 0 Å². The van der Waals surface area contributed by atoms with Crippen LogP contribution < -0.4 is 9.47 Å². The molecule has 0 amide bonds. The average Bonchev–Trinajstić information content (AvgIpc) is 2.14. The zero-order valence-corrected chi connectivity index (χ0v) is 9.69. The summed E-state index contributed by atoms with van der Waals surface area (Å²) in [5.41, 5.74) is 0.170. The van der Waals surface area contributed by atoms with E-state index in [4.69, 9.17) is 0 Å². The minimum absolute atomic E-state index is 0.0906. The molecule has 0 unspecified atom stereocenters. The van der Waals surface area contributed by atoms with Crippen LogP contribution in [0.5, 0.6) is 11.5 Å². The first-order valence-electron chi connectivity index (χ1n) is 4.21. The zero-order chi connectivity index (χ0) is 13.1. The van der Waals surface area contributed by atoms with Crippen LogP contribution >= 0.6 is 15.9 Å². The Morgan fingerprint density at radius 3 is 2.35 bits per heavy atom. The SMILES string of the molecule is FC(F)Oc1ccc(CBr)c(OC(F)(F)F)c1. The van der Waals surface area contributed by atoms with E-state index in [0.717, 1.165) is 12.1 Å². The summed E-state index contributed by atoms with van der Waals surface area (Å²) in [5, 5.41) is 0.0906. The summed E-state index contributed by atoms with van der Waals surface area (Å²) < 4.78 is 67.5. The van der Waals surface area contributed by atoms with E-state index in [9.17, 15) is 22.0 Å². The van der Waals surface area contributed by atoms with E-state index in [-0.39, 0.29) is 10.9 Å². The van der Waals surface area contributed by atoms with Gasteiger partial charge in [-0.1, -0.05) is 22.0 Å². The molecule has 0 saturated heterocycles. The number of benzene rings is 1. The molecule has 0 atom stereocenters. The van der Waals surface area contributed by atoms with Crippen molar-refractivity contribution in [1.29, 1.82) is 0 Å². The summed E-state index contributed by atoms with van der Waals surface area (Å²) >= 11 is 2.95. The van der Waals surface area contributed by atoms with E-state index in [1.165, 1.54) is 6.07 Å². The summed E-state index contributed by atoms with van der Waals surface area (Å²) in [6, 6.07) is 3.09. The molecule has 0 aliphatic carbocycles. The van der Waals surface area contributed by atoms with E-state index in [0.29, 0.717) is 0 Å². The van der Waals surface area contributed by atoms with Gasteiger partial charge in [-0.05, 0) is 6.07 Å². The highest BCUT2D eigenvalue weighted by Crippen LogP contribution is 2.31.